The second-order valence-electron chi connectivity index (χ2n) is 7.26. The normalized spacial score (nSPS) is 16.8. The molecule has 2 heterocycles. The second-order valence-corrected chi connectivity index (χ2v) is 7.26. The summed E-state index contributed by atoms with van der Waals surface area (Å²) in [7, 11) is 0. The number of furan rings is 1. The van der Waals surface area contributed by atoms with Gasteiger partial charge in [-0.1, -0.05) is 32.4 Å². The van der Waals surface area contributed by atoms with Gasteiger partial charge in [0.15, 0.2) is 5.96 Å². The Bertz CT molecular complexity index is 709. The van der Waals surface area contributed by atoms with Crippen LogP contribution in [0.4, 0.5) is 5.69 Å². The van der Waals surface area contributed by atoms with Gasteiger partial charge < -0.3 is 15.5 Å². The van der Waals surface area contributed by atoms with E-state index in [1.54, 1.807) is 6.26 Å². The highest BCUT2D eigenvalue weighted by Crippen LogP contribution is 2.25. The molecule has 0 bridgehead atoms. The molecule has 148 valence electrons. The van der Waals surface area contributed by atoms with E-state index in [0.717, 1.165) is 24.5 Å². The van der Waals surface area contributed by atoms with E-state index in [1.807, 2.05) is 24.3 Å². The Morgan fingerprint density at radius 2 is 1.96 bits per heavy atom. The number of nitrogens with two attached hydrogens (primary N) is 1. The van der Waals surface area contributed by atoms with Crippen LogP contribution in [0.15, 0.2) is 52.1 Å². The molecule has 2 aromatic rings. The van der Waals surface area contributed by atoms with Crippen LogP contribution in [0, 0.1) is 0 Å². The molecule has 1 aliphatic rings. The molecule has 5 nitrogen and oxygen atoms in total. The van der Waals surface area contributed by atoms with Crippen LogP contribution in [0.1, 0.15) is 56.4 Å². The van der Waals surface area contributed by atoms with Crippen molar-refractivity contribution in [3.8, 4) is 0 Å². The van der Waals surface area contributed by atoms with Crippen LogP contribution in [0.3, 0.4) is 0 Å². The number of likely N-dealkylation sites (tertiary alicyclic amines) is 1. The summed E-state index contributed by atoms with van der Waals surface area (Å²) in [4.78, 5) is 7.06. The van der Waals surface area contributed by atoms with Crippen molar-refractivity contribution < 1.29 is 4.42 Å². The predicted octanol–water partition coefficient (Wildman–Crippen LogP) is 4.97. The SMILES string of the molecule is CC(C)c1cccc(NC(N)=NCC(c2ccco2)N2CCCCC2)c1.I. The summed E-state index contributed by atoms with van der Waals surface area (Å²) in [6, 6.07) is 12.4. The first-order valence-corrected chi connectivity index (χ1v) is 9.58. The van der Waals surface area contributed by atoms with Gasteiger partial charge in [-0.15, -0.1) is 24.0 Å². The molecule has 0 spiro atoms. The highest BCUT2D eigenvalue weighted by atomic mass is 127. The first kappa shape index (κ1) is 21.8. The third-order valence-corrected chi connectivity index (χ3v) is 4.96. The van der Waals surface area contributed by atoms with Crippen LogP contribution in [0.5, 0.6) is 0 Å². The fourth-order valence-corrected chi connectivity index (χ4v) is 3.44. The van der Waals surface area contributed by atoms with Gasteiger partial charge in [-0.25, -0.2) is 0 Å². The van der Waals surface area contributed by atoms with Crippen LogP contribution in [0.25, 0.3) is 0 Å². The number of halogens is 1. The zero-order valence-corrected chi connectivity index (χ0v) is 18.6. The Hall–Kier alpha value is -1.54. The van der Waals surface area contributed by atoms with E-state index in [0.29, 0.717) is 18.4 Å². The summed E-state index contributed by atoms with van der Waals surface area (Å²) >= 11 is 0. The number of benzene rings is 1. The molecule has 3 N–H and O–H groups in total. The van der Waals surface area contributed by atoms with Gasteiger partial charge in [0.1, 0.15) is 5.76 Å². The lowest BCUT2D eigenvalue weighted by atomic mass is 10.0. The molecule has 1 atom stereocenters. The summed E-state index contributed by atoms with van der Waals surface area (Å²) in [5, 5.41) is 3.22. The number of rotatable bonds is 6. The standard InChI is InChI=1S/C21H30N4O.HI/c1-16(2)17-8-6-9-18(14-17)24-21(22)23-15-19(20-10-7-13-26-20)25-11-4-3-5-12-25;/h6-10,13-14,16,19H,3-5,11-12,15H2,1-2H3,(H3,22,23,24);1H. The van der Waals surface area contributed by atoms with Crippen molar-refractivity contribution in [3.05, 3.63) is 54.0 Å². The lowest BCUT2D eigenvalue weighted by Crippen LogP contribution is -2.36. The first-order chi connectivity index (χ1) is 12.6. The van der Waals surface area contributed by atoms with E-state index in [4.69, 9.17) is 10.2 Å². The van der Waals surface area contributed by atoms with Gasteiger partial charge in [0, 0.05) is 5.69 Å². The third kappa shape index (κ3) is 6.24. The minimum absolute atomic E-state index is 0. The molecule has 1 unspecified atom stereocenters. The van der Waals surface area contributed by atoms with E-state index in [1.165, 1.54) is 24.8 Å². The summed E-state index contributed by atoms with van der Waals surface area (Å²) in [6.45, 7) is 7.14. The first-order valence-electron chi connectivity index (χ1n) is 9.58. The highest BCUT2D eigenvalue weighted by molar-refractivity contribution is 14.0. The molecule has 1 aliphatic heterocycles. The van der Waals surface area contributed by atoms with Crippen molar-refractivity contribution in [2.45, 2.75) is 45.1 Å². The number of nitrogens with one attached hydrogen (secondary N) is 1. The van der Waals surface area contributed by atoms with Gasteiger partial charge in [-0.3, -0.25) is 9.89 Å². The average Bonchev–Trinajstić information content (AvgIpc) is 3.17. The molecule has 0 aliphatic carbocycles. The molecule has 1 saturated heterocycles. The van der Waals surface area contributed by atoms with Crippen molar-refractivity contribution in [2.24, 2.45) is 10.7 Å². The van der Waals surface area contributed by atoms with Crippen LogP contribution < -0.4 is 11.1 Å². The Balaban J connectivity index is 0.00000261. The van der Waals surface area contributed by atoms with Crippen LogP contribution >= 0.6 is 24.0 Å². The van der Waals surface area contributed by atoms with Gasteiger partial charge >= 0.3 is 0 Å². The molecule has 3 rings (SSSR count). The molecule has 1 aromatic carbocycles. The number of guanidine groups is 1. The minimum Gasteiger partial charge on any atom is -0.468 e. The topological polar surface area (TPSA) is 66.8 Å². The van der Waals surface area contributed by atoms with Crippen LogP contribution in [0.2, 0.25) is 0 Å². The van der Waals surface area contributed by atoms with Crippen LogP contribution in [-0.2, 0) is 0 Å². The van der Waals surface area contributed by atoms with Crippen LogP contribution in [-0.4, -0.2) is 30.5 Å². The molecule has 0 saturated carbocycles. The van der Waals surface area contributed by atoms with Gasteiger partial charge in [0.05, 0.1) is 18.8 Å². The van der Waals surface area contributed by atoms with E-state index in [2.05, 4.69) is 41.2 Å². The number of piperidine rings is 1. The van der Waals surface area contributed by atoms with E-state index < -0.39 is 0 Å². The van der Waals surface area contributed by atoms with E-state index >= 15 is 0 Å². The minimum atomic E-state index is 0. The highest BCUT2D eigenvalue weighted by Gasteiger charge is 2.24. The summed E-state index contributed by atoms with van der Waals surface area (Å²) < 4.78 is 5.67. The molecule has 0 amide bonds. The van der Waals surface area contributed by atoms with Gasteiger partial charge in [-0.05, 0) is 61.7 Å². The molecule has 1 aromatic heterocycles. The monoisotopic (exact) mass is 482 g/mol. The molecule has 27 heavy (non-hydrogen) atoms. The largest absolute Gasteiger partial charge is 0.468 e. The maximum Gasteiger partial charge on any atom is 0.193 e. The summed E-state index contributed by atoms with van der Waals surface area (Å²) in [5.41, 5.74) is 8.41. The predicted molar refractivity (Wildman–Crippen MR) is 123 cm³/mol. The Kier molecular flexibility index (Phi) is 8.63. The van der Waals surface area contributed by atoms with Gasteiger partial charge in [-0.2, -0.15) is 0 Å². The maximum absolute atomic E-state index is 6.15. The van der Waals surface area contributed by atoms with Crippen molar-refractivity contribution in [1.82, 2.24) is 4.90 Å². The number of nitrogens with zero attached hydrogens (tertiary/aromatic N) is 2. The number of aliphatic imine (C=N–C) groups is 1. The smallest absolute Gasteiger partial charge is 0.193 e. The van der Waals surface area contributed by atoms with Crippen molar-refractivity contribution >= 4 is 35.6 Å². The summed E-state index contributed by atoms with van der Waals surface area (Å²) in [6.07, 6.45) is 5.50. The number of hydrogen-bond acceptors (Lipinski definition) is 3. The lowest BCUT2D eigenvalue weighted by molar-refractivity contribution is 0.150. The van der Waals surface area contributed by atoms with E-state index in [9.17, 15) is 0 Å². The zero-order valence-electron chi connectivity index (χ0n) is 16.2. The van der Waals surface area contributed by atoms with Crippen molar-refractivity contribution in [2.75, 3.05) is 25.0 Å². The Labute approximate surface area is 179 Å². The van der Waals surface area contributed by atoms with Gasteiger partial charge in [0.2, 0.25) is 0 Å². The van der Waals surface area contributed by atoms with Crippen molar-refractivity contribution in [3.63, 3.8) is 0 Å². The summed E-state index contributed by atoms with van der Waals surface area (Å²) in [5.74, 6) is 1.89. The number of hydrogen-bond donors (Lipinski definition) is 2. The quantitative estimate of drug-likeness (QED) is 0.347. The van der Waals surface area contributed by atoms with Crippen molar-refractivity contribution in [1.29, 1.82) is 0 Å². The Morgan fingerprint density at radius 3 is 2.63 bits per heavy atom. The third-order valence-electron chi connectivity index (χ3n) is 4.96. The van der Waals surface area contributed by atoms with Gasteiger partial charge in [0.25, 0.3) is 0 Å². The second kappa shape index (κ2) is 10.7. The Morgan fingerprint density at radius 1 is 1.19 bits per heavy atom. The fraction of sp³-hybridized carbons (Fsp3) is 0.476. The molecular formula is C21H31IN4O. The van der Waals surface area contributed by atoms with E-state index in [-0.39, 0.29) is 30.0 Å². The molecule has 1 fully saturated rings. The molecular weight excluding hydrogens is 451 g/mol. The number of anilines is 1. The fourth-order valence-electron chi connectivity index (χ4n) is 3.44. The maximum atomic E-state index is 6.15. The zero-order chi connectivity index (χ0) is 18.4. The molecule has 0 radical (unpaired) electrons. The lowest BCUT2D eigenvalue weighted by Gasteiger charge is -2.32. The average molecular weight is 482 g/mol. The molecule has 6 heteroatoms.